The quantitative estimate of drug-likeness (QED) is 0.585. The Hall–Kier alpha value is -2.91. The number of ether oxygens (including phenoxy) is 1. The average Bonchev–Trinajstić information content (AvgIpc) is 3.68. The van der Waals surface area contributed by atoms with Crippen LogP contribution in [0.2, 0.25) is 0 Å². The molecule has 2 amide bonds. The van der Waals surface area contributed by atoms with Gasteiger partial charge >= 0.3 is 0 Å². The number of piperidine rings is 1. The zero-order chi connectivity index (χ0) is 23.3. The van der Waals surface area contributed by atoms with Gasteiger partial charge in [-0.15, -0.1) is 0 Å². The fraction of sp³-hybridized carbons (Fsp3) is 0.417. The maximum Gasteiger partial charge on any atom is 0.258 e. The highest BCUT2D eigenvalue weighted by molar-refractivity contribution is 7.89. The number of anilines is 1. The number of carbonyl (C=O) groups excluding carboxylic acids is 2. The summed E-state index contributed by atoms with van der Waals surface area (Å²) in [4.78, 5) is 24.3. The van der Waals surface area contributed by atoms with Gasteiger partial charge in [-0.3, -0.25) is 9.59 Å². The summed E-state index contributed by atoms with van der Waals surface area (Å²) in [6.07, 6.45) is 4.71. The third-order valence-corrected chi connectivity index (χ3v) is 7.70. The van der Waals surface area contributed by atoms with E-state index < -0.39 is 10.0 Å². The van der Waals surface area contributed by atoms with Gasteiger partial charge in [0.15, 0.2) is 6.61 Å². The Balaban J connectivity index is 1.24. The lowest BCUT2D eigenvalue weighted by molar-refractivity contribution is -0.123. The Morgan fingerprint density at radius 2 is 1.73 bits per heavy atom. The van der Waals surface area contributed by atoms with Gasteiger partial charge in [0.2, 0.25) is 15.9 Å². The van der Waals surface area contributed by atoms with Gasteiger partial charge in [0.25, 0.3) is 5.91 Å². The minimum absolute atomic E-state index is 0.0136. The van der Waals surface area contributed by atoms with Gasteiger partial charge in [-0.05, 0) is 55.5 Å². The molecule has 0 spiro atoms. The molecule has 1 heterocycles. The minimum atomic E-state index is -3.46. The molecule has 176 valence electrons. The summed E-state index contributed by atoms with van der Waals surface area (Å²) in [5.41, 5.74) is 1.44. The molecule has 2 fully saturated rings. The topological polar surface area (TPSA) is 105 Å². The molecule has 1 aliphatic heterocycles. The van der Waals surface area contributed by atoms with Crippen LogP contribution in [0.1, 0.15) is 37.7 Å². The van der Waals surface area contributed by atoms with E-state index >= 15 is 0 Å². The second-order valence-electron chi connectivity index (χ2n) is 8.47. The van der Waals surface area contributed by atoms with E-state index in [0.29, 0.717) is 24.5 Å². The normalized spacial score (nSPS) is 16.7. The van der Waals surface area contributed by atoms with E-state index in [2.05, 4.69) is 10.6 Å². The maximum atomic E-state index is 12.7. The highest BCUT2D eigenvalue weighted by Gasteiger charge is 2.29. The first-order valence-electron chi connectivity index (χ1n) is 11.3. The number of hydrogen-bond acceptors (Lipinski definition) is 5. The van der Waals surface area contributed by atoms with Crippen molar-refractivity contribution in [3.05, 3.63) is 54.1 Å². The minimum Gasteiger partial charge on any atom is -0.484 e. The molecule has 0 bridgehead atoms. The predicted octanol–water partition coefficient (Wildman–Crippen LogP) is 2.90. The lowest BCUT2D eigenvalue weighted by atomic mass is 10.2. The summed E-state index contributed by atoms with van der Waals surface area (Å²) in [7, 11) is -3.46. The van der Waals surface area contributed by atoms with Gasteiger partial charge in [-0.2, -0.15) is 4.31 Å². The molecule has 2 N–H and O–H groups in total. The Bertz CT molecular complexity index is 1090. The van der Waals surface area contributed by atoms with E-state index in [1.54, 1.807) is 48.5 Å². The van der Waals surface area contributed by atoms with Crippen molar-refractivity contribution in [3.63, 3.8) is 0 Å². The van der Waals surface area contributed by atoms with Gasteiger partial charge in [0.05, 0.1) is 4.90 Å². The third kappa shape index (κ3) is 6.33. The molecule has 33 heavy (non-hydrogen) atoms. The van der Waals surface area contributed by atoms with Crippen LogP contribution in [0.3, 0.4) is 0 Å². The van der Waals surface area contributed by atoms with Crippen molar-refractivity contribution in [2.75, 3.05) is 25.0 Å². The van der Waals surface area contributed by atoms with Gasteiger partial charge in [0, 0.05) is 37.3 Å². The third-order valence-electron chi connectivity index (χ3n) is 5.79. The molecule has 2 aromatic carbocycles. The molecule has 0 aromatic heterocycles. The number of sulfonamides is 1. The van der Waals surface area contributed by atoms with E-state index in [4.69, 9.17) is 4.74 Å². The molecule has 1 saturated carbocycles. The molecule has 2 aromatic rings. The number of amides is 2. The smallest absolute Gasteiger partial charge is 0.258 e. The van der Waals surface area contributed by atoms with Crippen molar-refractivity contribution < 1.29 is 22.7 Å². The first kappa shape index (κ1) is 23.3. The Labute approximate surface area is 194 Å². The van der Waals surface area contributed by atoms with Crippen LogP contribution in [-0.4, -0.2) is 44.2 Å². The van der Waals surface area contributed by atoms with E-state index in [1.165, 1.54) is 4.31 Å². The van der Waals surface area contributed by atoms with E-state index in [9.17, 15) is 18.0 Å². The van der Waals surface area contributed by atoms with Gasteiger partial charge in [-0.25, -0.2) is 8.42 Å². The summed E-state index contributed by atoms with van der Waals surface area (Å²) in [5.74, 6) is 0.317. The van der Waals surface area contributed by atoms with Crippen LogP contribution >= 0.6 is 0 Å². The van der Waals surface area contributed by atoms with Gasteiger partial charge in [-0.1, -0.05) is 24.6 Å². The molecule has 8 nitrogen and oxygen atoms in total. The number of rotatable bonds is 9. The van der Waals surface area contributed by atoms with Crippen LogP contribution in [-0.2, 0) is 26.2 Å². The van der Waals surface area contributed by atoms with Crippen LogP contribution < -0.4 is 15.4 Å². The standard InChI is InChI=1S/C24H29N3O5S/c28-23(17-32-21-6-4-5-20(15-21)26-24(29)19-9-10-19)25-16-18-7-11-22(12-8-18)33(30,31)27-13-2-1-3-14-27/h4-8,11-12,15,19H,1-3,9-10,13-14,16-17H2,(H,25,28)(H,26,29). The first-order chi connectivity index (χ1) is 15.9. The lowest BCUT2D eigenvalue weighted by Gasteiger charge is -2.25. The summed E-state index contributed by atoms with van der Waals surface area (Å²) in [6, 6.07) is 13.6. The summed E-state index contributed by atoms with van der Waals surface area (Å²) in [6.45, 7) is 1.23. The van der Waals surface area contributed by atoms with Crippen LogP contribution in [0.25, 0.3) is 0 Å². The van der Waals surface area contributed by atoms with Crippen molar-refractivity contribution in [1.29, 1.82) is 0 Å². The van der Waals surface area contributed by atoms with Crippen LogP contribution in [0.5, 0.6) is 5.75 Å². The zero-order valence-corrected chi connectivity index (χ0v) is 19.3. The Morgan fingerprint density at radius 1 is 1.00 bits per heavy atom. The molecule has 0 unspecified atom stereocenters. The molecule has 2 aliphatic rings. The molecular weight excluding hydrogens is 442 g/mol. The number of carbonyl (C=O) groups is 2. The second-order valence-corrected chi connectivity index (χ2v) is 10.4. The number of hydrogen-bond donors (Lipinski definition) is 2. The molecule has 0 atom stereocenters. The highest BCUT2D eigenvalue weighted by atomic mass is 32.2. The van der Waals surface area contributed by atoms with Crippen molar-refractivity contribution in [3.8, 4) is 5.75 Å². The SMILES string of the molecule is O=C(COc1cccc(NC(=O)C2CC2)c1)NCc1ccc(S(=O)(=O)N2CCCCC2)cc1. The fourth-order valence-corrected chi connectivity index (χ4v) is 5.20. The summed E-state index contributed by atoms with van der Waals surface area (Å²) in [5, 5.41) is 5.62. The van der Waals surface area contributed by atoms with Crippen molar-refractivity contribution in [2.24, 2.45) is 5.92 Å². The van der Waals surface area contributed by atoms with Gasteiger partial charge < -0.3 is 15.4 Å². The lowest BCUT2D eigenvalue weighted by Crippen LogP contribution is -2.35. The largest absolute Gasteiger partial charge is 0.484 e. The van der Waals surface area contributed by atoms with E-state index in [-0.39, 0.29) is 35.8 Å². The monoisotopic (exact) mass is 471 g/mol. The number of nitrogens with one attached hydrogen (secondary N) is 2. The van der Waals surface area contributed by atoms with E-state index in [1.807, 2.05) is 0 Å². The van der Waals surface area contributed by atoms with Crippen molar-refractivity contribution in [1.82, 2.24) is 9.62 Å². The molecule has 1 saturated heterocycles. The average molecular weight is 472 g/mol. The van der Waals surface area contributed by atoms with Crippen LogP contribution in [0.4, 0.5) is 5.69 Å². The van der Waals surface area contributed by atoms with E-state index in [0.717, 1.165) is 37.7 Å². The highest BCUT2D eigenvalue weighted by Crippen LogP contribution is 2.30. The molecule has 1 aliphatic carbocycles. The summed E-state index contributed by atoms with van der Waals surface area (Å²) >= 11 is 0. The van der Waals surface area contributed by atoms with Gasteiger partial charge in [0.1, 0.15) is 5.75 Å². The first-order valence-corrected chi connectivity index (χ1v) is 12.8. The summed E-state index contributed by atoms with van der Waals surface area (Å²) < 4.78 is 32.5. The fourth-order valence-electron chi connectivity index (χ4n) is 3.69. The maximum absolute atomic E-state index is 12.7. The predicted molar refractivity (Wildman–Crippen MR) is 124 cm³/mol. The zero-order valence-electron chi connectivity index (χ0n) is 18.5. The number of benzene rings is 2. The molecule has 9 heteroatoms. The number of nitrogens with zero attached hydrogens (tertiary/aromatic N) is 1. The van der Waals surface area contributed by atoms with Crippen molar-refractivity contribution >= 4 is 27.5 Å². The van der Waals surface area contributed by atoms with Crippen LogP contribution in [0.15, 0.2) is 53.4 Å². The molecular formula is C24H29N3O5S. The molecule has 4 rings (SSSR count). The Morgan fingerprint density at radius 3 is 2.42 bits per heavy atom. The van der Waals surface area contributed by atoms with Crippen LogP contribution in [0, 0.1) is 5.92 Å². The molecule has 0 radical (unpaired) electrons. The second kappa shape index (κ2) is 10.4. The Kier molecular flexibility index (Phi) is 7.29. The van der Waals surface area contributed by atoms with Crippen molar-refractivity contribution in [2.45, 2.75) is 43.5 Å².